The molecule has 7 heteroatoms. The first-order valence-electron chi connectivity index (χ1n) is 7.28. The molecule has 2 N–H and O–H groups in total. The molecule has 0 saturated carbocycles. The second-order valence-electron chi connectivity index (χ2n) is 5.49. The normalized spacial score (nSPS) is 17.0. The van der Waals surface area contributed by atoms with E-state index in [0.717, 1.165) is 25.2 Å². The van der Waals surface area contributed by atoms with Crippen LogP contribution in [0.1, 0.15) is 36.1 Å². The lowest BCUT2D eigenvalue weighted by Gasteiger charge is -2.23. The fraction of sp³-hybridized carbons (Fsp3) is 0.400. The van der Waals surface area contributed by atoms with E-state index in [-0.39, 0.29) is 17.9 Å². The lowest BCUT2D eigenvalue weighted by atomic mass is 10.1. The van der Waals surface area contributed by atoms with Gasteiger partial charge in [0.25, 0.3) is 0 Å². The molecule has 6 nitrogen and oxygen atoms in total. The number of hydrogen-bond acceptors (Lipinski definition) is 3. The Morgan fingerprint density at radius 2 is 2.23 bits per heavy atom. The number of benzene rings is 1. The van der Waals surface area contributed by atoms with E-state index in [0.29, 0.717) is 17.1 Å². The van der Waals surface area contributed by atoms with Crippen molar-refractivity contribution < 1.29 is 9.18 Å². The minimum absolute atomic E-state index is 0.157. The number of aromatic nitrogens is 3. The summed E-state index contributed by atoms with van der Waals surface area (Å²) in [5.41, 5.74) is 1.27. The Kier molecular flexibility index (Phi) is 3.79. The van der Waals surface area contributed by atoms with Gasteiger partial charge in [-0.05, 0) is 50.5 Å². The molecule has 1 unspecified atom stereocenters. The quantitative estimate of drug-likeness (QED) is 0.896. The standard InChI is InChI=1S/C15H18FN5O/c1-9-8-11(16)5-6-12(9)18-15(22)19-13-4-3-7-21-14(13)17-10(2)20-21/h5-6,8,13H,3-4,7H2,1-2H3,(H2,18,19,22). The molecule has 2 aromatic rings. The molecule has 0 aliphatic carbocycles. The number of aryl methyl sites for hydroxylation is 3. The van der Waals surface area contributed by atoms with E-state index >= 15 is 0 Å². The molecule has 116 valence electrons. The summed E-state index contributed by atoms with van der Waals surface area (Å²) in [6.07, 6.45) is 1.77. The Bertz CT molecular complexity index is 712. The molecule has 1 aromatic heterocycles. The van der Waals surface area contributed by atoms with Gasteiger partial charge in [-0.3, -0.25) is 0 Å². The highest BCUT2D eigenvalue weighted by Crippen LogP contribution is 2.23. The first-order chi connectivity index (χ1) is 10.5. The number of nitrogens with zero attached hydrogens (tertiary/aromatic N) is 3. The van der Waals surface area contributed by atoms with Crippen LogP contribution in [0.3, 0.4) is 0 Å². The summed E-state index contributed by atoms with van der Waals surface area (Å²) < 4.78 is 14.9. The Balaban J connectivity index is 1.70. The third-order valence-corrected chi connectivity index (χ3v) is 3.72. The van der Waals surface area contributed by atoms with Gasteiger partial charge in [0.2, 0.25) is 0 Å². The molecule has 0 spiro atoms. The van der Waals surface area contributed by atoms with Crippen molar-refractivity contribution in [3.8, 4) is 0 Å². The predicted octanol–water partition coefficient (Wildman–Crippen LogP) is 2.69. The van der Waals surface area contributed by atoms with Crippen molar-refractivity contribution in [2.45, 2.75) is 39.3 Å². The van der Waals surface area contributed by atoms with Crippen molar-refractivity contribution in [3.63, 3.8) is 0 Å². The number of anilines is 1. The number of carbonyl (C=O) groups excluding carboxylic acids is 1. The van der Waals surface area contributed by atoms with Gasteiger partial charge in [-0.15, -0.1) is 0 Å². The van der Waals surface area contributed by atoms with E-state index in [4.69, 9.17) is 0 Å². The third kappa shape index (κ3) is 2.93. The maximum absolute atomic E-state index is 13.1. The largest absolute Gasteiger partial charge is 0.328 e. The van der Waals surface area contributed by atoms with Gasteiger partial charge in [-0.1, -0.05) is 0 Å². The van der Waals surface area contributed by atoms with E-state index < -0.39 is 0 Å². The zero-order valence-corrected chi connectivity index (χ0v) is 12.6. The minimum atomic E-state index is -0.325. The van der Waals surface area contributed by atoms with Crippen LogP contribution in [0, 0.1) is 19.7 Å². The number of amides is 2. The number of nitrogens with one attached hydrogen (secondary N) is 2. The third-order valence-electron chi connectivity index (χ3n) is 3.72. The number of rotatable bonds is 2. The second kappa shape index (κ2) is 5.75. The smallest absolute Gasteiger partial charge is 0.319 e. The van der Waals surface area contributed by atoms with Crippen LogP contribution in [0.2, 0.25) is 0 Å². The van der Waals surface area contributed by atoms with Gasteiger partial charge in [-0.25, -0.2) is 18.9 Å². The molecule has 0 radical (unpaired) electrons. The average Bonchev–Trinajstić information content (AvgIpc) is 2.83. The predicted molar refractivity (Wildman–Crippen MR) is 80.0 cm³/mol. The van der Waals surface area contributed by atoms with Gasteiger partial charge in [0.1, 0.15) is 17.5 Å². The Hall–Kier alpha value is -2.44. The molecule has 1 atom stereocenters. The van der Waals surface area contributed by atoms with Crippen LogP contribution >= 0.6 is 0 Å². The Labute approximate surface area is 127 Å². The first kappa shape index (κ1) is 14.5. The number of hydrogen-bond donors (Lipinski definition) is 2. The van der Waals surface area contributed by atoms with Crippen molar-refractivity contribution in [1.82, 2.24) is 20.1 Å². The number of halogens is 1. The van der Waals surface area contributed by atoms with E-state index in [9.17, 15) is 9.18 Å². The van der Waals surface area contributed by atoms with Gasteiger partial charge >= 0.3 is 6.03 Å². The molecule has 2 amide bonds. The number of urea groups is 1. The molecular weight excluding hydrogens is 285 g/mol. The van der Waals surface area contributed by atoms with Gasteiger partial charge in [0.05, 0.1) is 6.04 Å². The fourth-order valence-electron chi connectivity index (χ4n) is 2.69. The minimum Gasteiger partial charge on any atom is -0.328 e. The van der Waals surface area contributed by atoms with E-state index in [1.165, 1.54) is 12.1 Å². The van der Waals surface area contributed by atoms with Gasteiger partial charge in [-0.2, -0.15) is 5.10 Å². The summed E-state index contributed by atoms with van der Waals surface area (Å²) in [4.78, 5) is 16.5. The fourth-order valence-corrected chi connectivity index (χ4v) is 2.69. The average molecular weight is 303 g/mol. The molecule has 0 fully saturated rings. The zero-order valence-electron chi connectivity index (χ0n) is 12.6. The molecule has 1 aliphatic heterocycles. The highest BCUT2D eigenvalue weighted by Gasteiger charge is 2.25. The summed E-state index contributed by atoms with van der Waals surface area (Å²) in [5.74, 6) is 1.17. The van der Waals surface area contributed by atoms with Crippen LogP contribution in [0.15, 0.2) is 18.2 Å². The summed E-state index contributed by atoms with van der Waals surface area (Å²) in [5, 5.41) is 9.97. The zero-order chi connectivity index (χ0) is 15.7. The molecule has 0 saturated heterocycles. The van der Waals surface area contributed by atoms with Gasteiger partial charge < -0.3 is 10.6 Å². The molecule has 0 bridgehead atoms. The molecular formula is C15H18FN5O. The second-order valence-corrected chi connectivity index (χ2v) is 5.49. The lowest BCUT2D eigenvalue weighted by Crippen LogP contribution is -2.36. The molecule has 1 aromatic carbocycles. The topological polar surface area (TPSA) is 71.8 Å². The Morgan fingerprint density at radius 3 is 3.00 bits per heavy atom. The van der Waals surface area contributed by atoms with Crippen molar-refractivity contribution in [2.24, 2.45) is 0 Å². The molecule has 3 rings (SSSR count). The molecule has 22 heavy (non-hydrogen) atoms. The van der Waals surface area contributed by atoms with Crippen LogP contribution in [0.25, 0.3) is 0 Å². The number of carbonyl (C=O) groups is 1. The summed E-state index contributed by atoms with van der Waals surface area (Å²) >= 11 is 0. The summed E-state index contributed by atoms with van der Waals surface area (Å²) in [6.45, 7) is 4.41. The lowest BCUT2D eigenvalue weighted by molar-refractivity contribution is 0.244. The number of fused-ring (bicyclic) bond motifs is 1. The first-order valence-corrected chi connectivity index (χ1v) is 7.28. The summed E-state index contributed by atoms with van der Waals surface area (Å²) in [6, 6.07) is 3.78. The van der Waals surface area contributed by atoms with Crippen molar-refractivity contribution in [1.29, 1.82) is 0 Å². The SMILES string of the molecule is Cc1nc2n(n1)CCCC2NC(=O)Nc1ccc(F)cc1C. The van der Waals surface area contributed by atoms with Crippen LogP contribution in [0.4, 0.5) is 14.9 Å². The van der Waals surface area contributed by atoms with E-state index in [2.05, 4.69) is 20.7 Å². The van der Waals surface area contributed by atoms with Crippen LogP contribution in [0.5, 0.6) is 0 Å². The van der Waals surface area contributed by atoms with E-state index in [1.807, 2.05) is 11.6 Å². The van der Waals surface area contributed by atoms with Crippen LogP contribution in [-0.2, 0) is 6.54 Å². The molecule has 2 heterocycles. The Morgan fingerprint density at radius 1 is 1.41 bits per heavy atom. The van der Waals surface area contributed by atoms with Crippen molar-refractivity contribution in [3.05, 3.63) is 41.2 Å². The van der Waals surface area contributed by atoms with Gasteiger partial charge in [0.15, 0.2) is 0 Å². The van der Waals surface area contributed by atoms with Crippen LogP contribution in [-0.4, -0.2) is 20.8 Å². The maximum Gasteiger partial charge on any atom is 0.319 e. The monoisotopic (exact) mass is 303 g/mol. The highest BCUT2D eigenvalue weighted by molar-refractivity contribution is 5.90. The maximum atomic E-state index is 13.1. The van der Waals surface area contributed by atoms with E-state index in [1.54, 1.807) is 13.0 Å². The van der Waals surface area contributed by atoms with Crippen molar-refractivity contribution >= 4 is 11.7 Å². The van der Waals surface area contributed by atoms with Crippen LogP contribution < -0.4 is 10.6 Å². The summed E-state index contributed by atoms with van der Waals surface area (Å²) in [7, 11) is 0. The highest BCUT2D eigenvalue weighted by atomic mass is 19.1. The van der Waals surface area contributed by atoms with Gasteiger partial charge in [0, 0.05) is 12.2 Å². The van der Waals surface area contributed by atoms with Crippen molar-refractivity contribution in [2.75, 3.05) is 5.32 Å². The molecule has 1 aliphatic rings.